The molecule has 1 saturated heterocycles. The van der Waals surface area contributed by atoms with Gasteiger partial charge in [0.1, 0.15) is 12.4 Å². The zero-order valence-electron chi connectivity index (χ0n) is 13.0. The Labute approximate surface area is 137 Å². The first kappa shape index (κ1) is 17.3. The molecule has 1 fully saturated rings. The van der Waals surface area contributed by atoms with Crippen molar-refractivity contribution in [2.75, 3.05) is 13.1 Å². The van der Waals surface area contributed by atoms with Crippen LogP contribution in [0, 0.1) is 5.82 Å². The van der Waals surface area contributed by atoms with E-state index < -0.39 is 36.1 Å². The summed E-state index contributed by atoms with van der Waals surface area (Å²) in [5.41, 5.74) is 0.776. The lowest BCUT2D eigenvalue weighted by molar-refractivity contribution is -0.141. The number of amides is 5. The van der Waals surface area contributed by atoms with Crippen molar-refractivity contribution in [3.05, 3.63) is 41.2 Å². The molecule has 5 amide bonds. The Morgan fingerprint density at radius 2 is 1.92 bits per heavy atom. The lowest BCUT2D eigenvalue weighted by Gasteiger charge is -2.12. The van der Waals surface area contributed by atoms with Crippen LogP contribution in [0.3, 0.4) is 0 Å². The first-order valence-electron chi connectivity index (χ1n) is 7.29. The number of urea groups is 1. The topological polar surface area (TPSA) is 95.6 Å². The van der Waals surface area contributed by atoms with Crippen LogP contribution in [0.15, 0.2) is 29.8 Å². The fourth-order valence-corrected chi connectivity index (χ4v) is 2.17. The zero-order valence-corrected chi connectivity index (χ0v) is 13.0. The Bertz CT molecular complexity index is 713. The van der Waals surface area contributed by atoms with Gasteiger partial charge in [0.15, 0.2) is 0 Å². The fourth-order valence-electron chi connectivity index (χ4n) is 2.17. The summed E-state index contributed by atoms with van der Waals surface area (Å²) in [5.74, 6) is -2.30. The number of imide groups is 2. The normalized spacial score (nSPS) is 15.8. The van der Waals surface area contributed by atoms with Gasteiger partial charge in [0.25, 0.3) is 5.91 Å². The van der Waals surface area contributed by atoms with Crippen molar-refractivity contribution in [1.82, 2.24) is 15.5 Å². The molecule has 8 heteroatoms. The summed E-state index contributed by atoms with van der Waals surface area (Å²) in [4.78, 5) is 47.9. The molecule has 126 valence electrons. The molecule has 0 aliphatic carbocycles. The predicted octanol–water partition coefficient (Wildman–Crippen LogP) is 0.814. The molecule has 1 aromatic carbocycles. The third-order valence-corrected chi connectivity index (χ3v) is 3.27. The monoisotopic (exact) mass is 333 g/mol. The van der Waals surface area contributed by atoms with Crippen molar-refractivity contribution in [3.63, 3.8) is 0 Å². The zero-order chi connectivity index (χ0) is 17.7. The summed E-state index contributed by atoms with van der Waals surface area (Å²) in [5, 5.41) is 4.39. The van der Waals surface area contributed by atoms with Crippen LogP contribution in [0.25, 0.3) is 6.08 Å². The molecule has 24 heavy (non-hydrogen) atoms. The third kappa shape index (κ3) is 4.25. The lowest BCUT2D eigenvalue weighted by atomic mass is 10.1. The fraction of sp³-hybridized carbons (Fsp3) is 0.250. The number of benzene rings is 1. The Balaban J connectivity index is 2.04. The number of halogens is 1. The maximum atomic E-state index is 12.9. The van der Waals surface area contributed by atoms with Crippen LogP contribution in [0.4, 0.5) is 9.18 Å². The molecule has 1 aliphatic rings. The molecule has 0 aromatic heterocycles. The highest BCUT2D eigenvalue weighted by atomic mass is 19.1. The molecule has 0 radical (unpaired) electrons. The molecule has 0 saturated carbocycles. The van der Waals surface area contributed by atoms with Gasteiger partial charge >= 0.3 is 6.03 Å². The smallest absolute Gasteiger partial charge is 0.321 e. The van der Waals surface area contributed by atoms with Crippen molar-refractivity contribution in [1.29, 1.82) is 0 Å². The summed E-state index contributed by atoms with van der Waals surface area (Å²) < 4.78 is 12.9. The van der Waals surface area contributed by atoms with E-state index in [1.807, 2.05) is 5.32 Å². The van der Waals surface area contributed by atoms with Gasteiger partial charge in [0.2, 0.25) is 11.8 Å². The number of nitrogens with zero attached hydrogens (tertiary/aromatic N) is 1. The summed E-state index contributed by atoms with van der Waals surface area (Å²) >= 11 is 0. The summed E-state index contributed by atoms with van der Waals surface area (Å²) in [6.45, 7) is 1.49. The molecular formula is C16H16FN3O4. The lowest BCUT2D eigenvalue weighted by Crippen LogP contribution is -2.45. The van der Waals surface area contributed by atoms with Gasteiger partial charge in [-0.2, -0.15) is 0 Å². The molecule has 7 nitrogen and oxygen atoms in total. The van der Waals surface area contributed by atoms with E-state index in [1.165, 1.54) is 30.3 Å². The minimum absolute atomic E-state index is 0.148. The second kappa shape index (κ2) is 7.49. The van der Waals surface area contributed by atoms with E-state index in [2.05, 4.69) is 5.32 Å². The van der Waals surface area contributed by atoms with Crippen LogP contribution in [0.2, 0.25) is 0 Å². The van der Waals surface area contributed by atoms with Crippen molar-refractivity contribution >= 4 is 29.8 Å². The van der Waals surface area contributed by atoms with E-state index >= 15 is 0 Å². The maximum Gasteiger partial charge on any atom is 0.321 e. The SMILES string of the molecule is CCNC(=O)NC(=O)CN1C(=O)C/C(=C/c2ccc(F)cc2)C1=O. The number of rotatable bonds is 4. The van der Waals surface area contributed by atoms with Gasteiger partial charge < -0.3 is 5.32 Å². The van der Waals surface area contributed by atoms with Crippen LogP contribution in [-0.2, 0) is 14.4 Å². The van der Waals surface area contributed by atoms with E-state index in [9.17, 15) is 23.6 Å². The quantitative estimate of drug-likeness (QED) is 0.630. The molecule has 0 unspecified atom stereocenters. The Hall–Kier alpha value is -3.03. The average molecular weight is 333 g/mol. The molecular weight excluding hydrogens is 317 g/mol. The maximum absolute atomic E-state index is 12.9. The molecule has 2 N–H and O–H groups in total. The van der Waals surface area contributed by atoms with Crippen LogP contribution < -0.4 is 10.6 Å². The van der Waals surface area contributed by atoms with Gasteiger partial charge in [-0.15, -0.1) is 0 Å². The molecule has 2 rings (SSSR count). The highest BCUT2D eigenvalue weighted by Crippen LogP contribution is 2.21. The van der Waals surface area contributed by atoms with Crippen LogP contribution in [0.5, 0.6) is 0 Å². The molecule has 0 bridgehead atoms. The van der Waals surface area contributed by atoms with E-state index in [0.29, 0.717) is 12.1 Å². The van der Waals surface area contributed by atoms with Crippen molar-refractivity contribution < 1.29 is 23.6 Å². The van der Waals surface area contributed by atoms with Gasteiger partial charge in [0, 0.05) is 12.1 Å². The summed E-state index contributed by atoms with van der Waals surface area (Å²) in [7, 11) is 0. The number of hydrogen-bond acceptors (Lipinski definition) is 4. The number of hydrogen-bond donors (Lipinski definition) is 2. The van der Waals surface area contributed by atoms with Crippen LogP contribution in [0.1, 0.15) is 18.9 Å². The number of carbonyl (C=O) groups is 4. The van der Waals surface area contributed by atoms with Gasteiger partial charge in [-0.1, -0.05) is 12.1 Å². The van der Waals surface area contributed by atoms with Gasteiger partial charge in [0.05, 0.1) is 6.42 Å². The first-order chi connectivity index (χ1) is 11.4. The Kier molecular flexibility index (Phi) is 5.41. The largest absolute Gasteiger partial charge is 0.338 e. The molecule has 1 heterocycles. The second-order valence-corrected chi connectivity index (χ2v) is 5.09. The highest BCUT2D eigenvalue weighted by molar-refractivity contribution is 6.17. The van der Waals surface area contributed by atoms with Gasteiger partial charge in [-0.05, 0) is 30.7 Å². The van der Waals surface area contributed by atoms with Crippen LogP contribution >= 0.6 is 0 Å². The van der Waals surface area contributed by atoms with E-state index in [1.54, 1.807) is 6.92 Å². The van der Waals surface area contributed by atoms with Crippen molar-refractivity contribution in [3.8, 4) is 0 Å². The van der Waals surface area contributed by atoms with E-state index in [4.69, 9.17) is 0 Å². The summed E-state index contributed by atoms with van der Waals surface area (Å²) in [6.07, 6.45) is 1.33. The molecule has 0 atom stereocenters. The van der Waals surface area contributed by atoms with Crippen molar-refractivity contribution in [2.24, 2.45) is 0 Å². The minimum atomic E-state index is -0.759. The molecule has 0 spiro atoms. The molecule has 1 aliphatic heterocycles. The predicted molar refractivity (Wildman–Crippen MR) is 82.9 cm³/mol. The van der Waals surface area contributed by atoms with Crippen LogP contribution in [-0.4, -0.2) is 41.7 Å². The highest BCUT2D eigenvalue weighted by Gasteiger charge is 2.35. The first-order valence-corrected chi connectivity index (χ1v) is 7.29. The van der Waals surface area contributed by atoms with E-state index in [-0.39, 0.29) is 12.0 Å². The number of nitrogens with one attached hydrogen (secondary N) is 2. The minimum Gasteiger partial charge on any atom is -0.338 e. The third-order valence-electron chi connectivity index (χ3n) is 3.27. The second-order valence-electron chi connectivity index (χ2n) is 5.09. The molecule has 1 aromatic rings. The number of carbonyl (C=O) groups excluding carboxylic acids is 4. The van der Waals surface area contributed by atoms with Crippen molar-refractivity contribution in [2.45, 2.75) is 13.3 Å². The Morgan fingerprint density at radius 1 is 1.25 bits per heavy atom. The number of likely N-dealkylation sites (tertiary alicyclic amines) is 1. The summed E-state index contributed by atoms with van der Waals surface area (Å²) in [6, 6.07) is 4.74. The van der Waals surface area contributed by atoms with Gasteiger partial charge in [-0.25, -0.2) is 9.18 Å². The average Bonchev–Trinajstić information content (AvgIpc) is 2.77. The standard InChI is InChI=1S/C16H16FN3O4/c1-2-18-16(24)19-13(21)9-20-14(22)8-11(15(20)23)7-10-3-5-12(17)6-4-10/h3-7H,2,8-9H2,1H3,(H2,18,19,21,24)/b11-7-. The van der Waals surface area contributed by atoms with Gasteiger partial charge in [-0.3, -0.25) is 24.6 Å². The Morgan fingerprint density at radius 3 is 2.54 bits per heavy atom. The van der Waals surface area contributed by atoms with E-state index in [0.717, 1.165) is 4.90 Å².